The van der Waals surface area contributed by atoms with Crippen LogP contribution in [0.1, 0.15) is 31.8 Å². The number of ketones is 2. The number of hydrogen-bond acceptors (Lipinski definition) is 6. The minimum absolute atomic E-state index is 0.0266. The Bertz CT molecular complexity index is 1270. The molecule has 1 heterocycles. The molecule has 0 N–H and O–H groups in total. The highest BCUT2D eigenvalue weighted by atomic mass is 16.6. The van der Waals surface area contributed by atoms with Crippen LogP contribution in [-0.2, 0) is 6.54 Å². The summed E-state index contributed by atoms with van der Waals surface area (Å²) in [5.74, 6) is -0.691. The van der Waals surface area contributed by atoms with Gasteiger partial charge in [0.1, 0.15) is 5.69 Å². The lowest BCUT2D eigenvalue weighted by molar-refractivity contribution is -0.384. The zero-order valence-corrected chi connectivity index (χ0v) is 18.5. The number of carbonyl (C=O) groups is 2. The predicted molar refractivity (Wildman–Crippen MR) is 130 cm³/mol. The molecule has 3 aromatic carbocycles. The largest absolute Gasteiger partial charge is 0.363 e. The molecule has 1 aliphatic carbocycles. The highest BCUT2D eigenvalue weighted by Gasteiger charge is 2.33. The van der Waals surface area contributed by atoms with Crippen LogP contribution in [0.15, 0.2) is 78.4 Å². The van der Waals surface area contributed by atoms with Crippen LogP contribution in [0.3, 0.4) is 0 Å². The first-order valence-corrected chi connectivity index (χ1v) is 11.2. The first kappa shape index (κ1) is 21.7. The summed E-state index contributed by atoms with van der Waals surface area (Å²) in [7, 11) is 0. The normalized spacial score (nSPS) is 16.0. The minimum Gasteiger partial charge on any atom is -0.363 e. The second kappa shape index (κ2) is 9.03. The Morgan fingerprint density at radius 3 is 2.06 bits per heavy atom. The number of benzene rings is 3. The topological polar surface area (TPSA) is 83.8 Å². The van der Waals surface area contributed by atoms with Crippen molar-refractivity contribution in [2.75, 3.05) is 31.1 Å². The van der Waals surface area contributed by atoms with Gasteiger partial charge in [0, 0.05) is 49.9 Å². The molecular weight excluding hydrogens is 430 g/mol. The van der Waals surface area contributed by atoms with E-state index in [0.29, 0.717) is 35.5 Å². The van der Waals surface area contributed by atoms with E-state index in [2.05, 4.69) is 17.0 Å². The number of nitrogens with zero attached hydrogens (tertiary/aromatic N) is 3. The lowest BCUT2D eigenvalue weighted by Gasteiger charge is -2.35. The van der Waals surface area contributed by atoms with E-state index in [1.165, 1.54) is 17.7 Å². The Morgan fingerprint density at radius 2 is 1.44 bits per heavy atom. The summed E-state index contributed by atoms with van der Waals surface area (Å²) in [6.45, 7) is 3.83. The zero-order valence-electron chi connectivity index (χ0n) is 18.5. The van der Waals surface area contributed by atoms with Gasteiger partial charge < -0.3 is 4.90 Å². The number of fused-ring (bicyclic) bond motifs is 1. The lowest BCUT2D eigenvalue weighted by Crippen LogP contribution is -2.46. The van der Waals surface area contributed by atoms with Crippen LogP contribution >= 0.6 is 0 Å². The third kappa shape index (κ3) is 4.13. The molecule has 0 bridgehead atoms. The fourth-order valence-corrected chi connectivity index (χ4v) is 4.60. The van der Waals surface area contributed by atoms with Gasteiger partial charge in [-0.15, -0.1) is 0 Å². The SMILES string of the molecule is O=C1C(=Cc2ccc(N3CCN(Cc4ccccc4)CC3)c([N+](=O)[O-])c2)C(=O)c2ccccc21. The number of nitro benzene ring substituents is 1. The van der Waals surface area contributed by atoms with Crippen LogP contribution in [0.2, 0.25) is 0 Å². The number of anilines is 1. The third-order valence-electron chi connectivity index (χ3n) is 6.37. The predicted octanol–water partition coefficient (Wildman–Crippen LogP) is 4.38. The van der Waals surface area contributed by atoms with Gasteiger partial charge in [0.15, 0.2) is 11.6 Å². The molecule has 7 nitrogen and oxygen atoms in total. The molecule has 34 heavy (non-hydrogen) atoms. The number of nitro groups is 1. The fraction of sp³-hybridized carbons (Fsp3) is 0.185. The van der Waals surface area contributed by atoms with Crippen molar-refractivity contribution in [2.45, 2.75) is 6.54 Å². The summed E-state index contributed by atoms with van der Waals surface area (Å²) in [6.07, 6.45) is 1.46. The number of allylic oxidation sites excluding steroid dienone is 1. The molecule has 0 aromatic heterocycles. The lowest BCUT2D eigenvalue weighted by atomic mass is 10.1. The molecule has 7 heteroatoms. The Morgan fingerprint density at radius 1 is 0.824 bits per heavy atom. The quantitative estimate of drug-likeness (QED) is 0.247. The molecule has 0 spiro atoms. The third-order valence-corrected chi connectivity index (χ3v) is 6.37. The fourth-order valence-electron chi connectivity index (χ4n) is 4.60. The molecule has 0 saturated carbocycles. The van der Waals surface area contributed by atoms with Crippen molar-refractivity contribution >= 4 is 29.0 Å². The van der Waals surface area contributed by atoms with E-state index in [4.69, 9.17) is 0 Å². The number of piperazine rings is 1. The van der Waals surface area contributed by atoms with Crippen molar-refractivity contribution < 1.29 is 14.5 Å². The molecule has 0 amide bonds. The molecular formula is C27H23N3O4. The molecule has 1 aliphatic heterocycles. The molecule has 0 radical (unpaired) electrons. The molecule has 1 fully saturated rings. The first-order chi connectivity index (χ1) is 16.5. The number of rotatable bonds is 5. The van der Waals surface area contributed by atoms with Crippen molar-refractivity contribution in [1.82, 2.24) is 4.90 Å². The van der Waals surface area contributed by atoms with Crippen molar-refractivity contribution in [3.63, 3.8) is 0 Å². The number of carbonyl (C=O) groups excluding carboxylic acids is 2. The van der Waals surface area contributed by atoms with E-state index < -0.39 is 4.92 Å². The van der Waals surface area contributed by atoms with Crippen LogP contribution in [0.4, 0.5) is 11.4 Å². The average molecular weight is 453 g/mol. The summed E-state index contributed by atoms with van der Waals surface area (Å²) in [4.78, 5) is 41.2. The van der Waals surface area contributed by atoms with E-state index in [9.17, 15) is 19.7 Å². The van der Waals surface area contributed by atoms with Gasteiger partial charge in [-0.05, 0) is 23.3 Å². The maximum atomic E-state index is 12.7. The van der Waals surface area contributed by atoms with Crippen molar-refractivity contribution in [1.29, 1.82) is 0 Å². The summed E-state index contributed by atoms with van der Waals surface area (Å²) in [5, 5.41) is 11.9. The highest BCUT2D eigenvalue weighted by Crippen LogP contribution is 2.33. The van der Waals surface area contributed by atoms with Gasteiger partial charge in [-0.25, -0.2) is 0 Å². The Kier molecular flexibility index (Phi) is 5.77. The second-order valence-electron chi connectivity index (χ2n) is 8.52. The molecule has 0 atom stereocenters. The van der Waals surface area contributed by atoms with E-state index in [1.54, 1.807) is 36.4 Å². The van der Waals surface area contributed by atoms with E-state index in [1.807, 2.05) is 23.1 Å². The standard InChI is InChI=1S/C27H23N3O4/c31-26-21-8-4-5-9-22(21)27(32)23(26)16-20-10-11-24(25(17-20)30(33)34)29-14-12-28(13-15-29)18-19-6-2-1-3-7-19/h1-11,16-17H,12-15,18H2. The van der Waals surface area contributed by atoms with Gasteiger partial charge in [0.25, 0.3) is 5.69 Å². The van der Waals surface area contributed by atoms with Crippen LogP contribution in [0.25, 0.3) is 6.08 Å². The molecule has 2 aliphatic rings. The minimum atomic E-state index is -0.402. The second-order valence-corrected chi connectivity index (χ2v) is 8.52. The summed E-state index contributed by atoms with van der Waals surface area (Å²) < 4.78 is 0. The summed E-state index contributed by atoms with van der Waals surface area (Å²) >= 11 is 0. The van der Waals surface area contributed by atoms with Crippen LogP contribution in [0, 0.1) is 10.1 Å². The summed E-state index contributed by atoms with van der Waals surface area (Å²) in [5.41, 5.74) is 3.02. The van der Waals surface area contributed by atoms with Gasteiger partial charge in [0.2, 0.25) is 0 Å². The zero-order chi connectivity index (χ0) is 23.7. The Labute approximate surface area is 197 Å². The molecule has 5 rings (SSSR count). The highest BCUT2D eigenvalue weighted by molar-refractivity contribution is 6.41. The van der Waals surface area contributed by atoms with E-state index >= 15 is 0 Å². The van der Waals surface area contributed by atoms with Crippen molar-refractivity contribution in [2.24, 2.45) is 0 Å². The maximum absolute atomic E-state index is 12.7. The van der Waals surface area contributed by atoms with Gasteiger partial charge in [0.05, 0.1) is 10.5 Å². The first-order valence-electron chi connectivity index (χ1n) is 11.2. The van der Waals surface area contributed by atoms with Gasteiger partial charge in [-0.1, -0.05) is 60.7 Å². The van der Waals surface area contributed by atoms with Crippen molar-refractivity contribution in [3.05, 3.63) is 111 Å². The summed E-state index contributed by atoms with van der Waals surface area (Å²) in [6, 6.07) is 21.8. The molecule has 1 saturated heterocycles. The van der Waals surface area contributed by atoms with E-state index in [-0.39, 0.29) is 22.8 Å². The molecule has 0 unspecified atom stereocenters. The Hall–Kier alpha value is -4.10. The van der Waals surface area contributed by atoms with Crippen molar-refractivity contribution in [3.8, 4) is 0 Å². The number of Topliss-reactive ketones (excluding diaryl/α,β-unsaturated/α-hetero) is 2. The van der Waals surface area contributed by atoms with Crippen LogP contribution < -0.4 is 4.90 Å². The maximum Gasteiger partial charge on any atom is 0.293 e. The monoisotopic (exact) mass is 453 g/mol. The van der Waals surface area contributed by atoms with Crippen LogP contribution in [0.5, 0.6) is 0 Å². The molecule has 170 valence electrons. The van der Waals surface area contributed by atoms with E-state index in [0.717, 1.165) is 19.6 Å². The van der Waals surface area contributed by atoms with Crippen LogP contribution in [-0.4, -0.2) is 47.6 Å². The smallest absolute Gasteiger partial charge is 0.293 e. The number of hydrogen-bond donors (Lipinski definition) is 0. The molecule has 3 aromatic rings. The van der Waals surface area contributed by atoms with Gasteiger partial charge in [-0.3, -0.25) is 24.6 Å². The van der Waals surface area contributed by atoms with Gasteiger partial charge in [-0.2, -0.15) is 0 Å². The van der Waals surface area contributed by atoms with Gasteiger partial charge >= 0.3 is 0 Å². The Balaban J connectivity index is 1.35. The average Bonchev–Trinajstić information content (AvgIpc) is 3.10.